The molecule has 0 radical (unpaired) electrons. The summed E-state index contributed by atoms with van der Waals surface area (Å²) in [5.74, 6) is 0.870. The summed E-state index contributed by atoms with van der Waals surface area (Å²) < 4.78 is 39.0. The van der Waals surface area contributed by atoms with Crippen molar-refractivity contribution in [3.8, 4) is 5.75 Å². The molecular weight excluding hydrogens is 521 g/mol. The van der Waals surface area contributed by atoms with E-state index in [1.54, 1.807) is 16.4 Å². The standard InChI is InChI=1S/C32H44N2O3SSi/c1-9-10-11-14-21-34(38(35,36)28-19-17-25-15-12-13-16-26(25)22-28)27-18-20-30-29(23-27)31(24(2)33(30)6)37-39(7,8)32(3,4)5/h12-13,15-20,22-23H,9-11,14,21H2,1-8H3. The van der Waals surface area contributed by atoms with Gasteiger partial charge in [0.05, 0.1) is 21.8 Å². The van der Waals surface area contributed by atoms with Crippen molar-refractivity contribution < 1.29 is 12.8 Å². The van der Waals surface area contributed by atoms with Crippen molar-refractivity contribution >= 4 is 45.7 Å². The Morgan fingerprint density at radius 1 is 0.923 bits per heavy atom. The van der Waals surface area contributed by atoms with Crippen LogP contribution in [0.1, 0.15) is 59.1 Å². The second kappa shape index (κ2) is 11.0. The highest BCUT2D eigenvalue weighted by Gasteiger charge is 2.40. The fraction of sp³-hybridized carbons (Fsp3) is 0.438. The zero-order valence-corrected chi connectivity index (χ0v) is 26.7. The van der Waals surface area contributed by atoms with Gasteiger partial charge in [-0.2, -0.15) is 0 Å². The second-order valence-electron chi connectivity index (χ2n) is 12.2. The van der Waals surface area contributed by atoms with E-state index in [1.165, 1.54) is 0 Å². The number of fused-ring (bicyclic) bond motifs is 2. The fourth-order valence-electron chi connectivity index (χ4n) is 4.74. The average Bonchev–Trinajstić information content (AvgIpc) is 3.11. The van der Waals surface area contributed by atoms with Gasteiger partial charge >= 0.3 is 0 Å². The van der Waals surface area contributed by atoms with E-state index in [4.69, 9.17) is 4.43 Å². The number of anilines is 1. The summed E-state index contributed by atoms with van der Waals surface area (Å²) in [6, 6.07) is 19.3. The molecule has 5 nitrogen and oxygen atoms in total. The van der Waals surface area contributed by atoms with Crippen LogP contribution in [0.4, 0.5) is 5.69 Å². The molecule has 0 amide bonds. The molecule has 0 atom stereocenters. The second-order valence-corrected chi connectivity index (χ2v) is 18.8. The normalized spacial score (nSPS) is 12.8. The number of benzene rings is 3. The number of sulfonamides is 1. The number of hydrogen-bond donors (Lipinski definition) is 0. The first-order valence-electron chi connectivity index (χ1n) is 14.1. The zero-order chi connectivity index (χ0) is 28.6. The van der Waals surface area contributed by atoms with Crippen molar-refractivity contribution in [2.75, 3.05) is 10.8 Å². The highest BCUT2D eigenvalue weighted by Crippen LogP contribution is 2.42. The van der Waals surface area contributed by atoms with Gasteiger partial charge in [0, 0.05) is 19.0 Å². The summed E-state index contributed by atoms with van der Waals surface area (Å²) in [7, 11) is -3.85. The van der Waals surface area contributed by atoms with Gasteiger partial charge in [0.15, 0.2) is 0 Å². The van der Waals surface area contributed by atoms with Crippen molar-refractivity contribution in [3.63, 3.8) is 0 Å². The van der Waals surface area contributed by atoms with E-state index >= 15 is 0 Å². The Morgan fingerprint density at radius 3 is 2.28 bits per heavy atom. The number of aromatic nitrogens is 1. The Balaban J connectivity index is 1.83. The first-order valence-corrected chi connectivity index (χ1v) is 18.4. The highest BCUT2D eigenvalue weighted by atomic mass is 32.2. The Morgan fingerprint density at radius 2 is 1.62 bits per heavy atom. The van der Waals surface area contributed by atoms with Crippen LogP contribution in [0.2, 0.25) is 18.1 Å². The van der Waals surface area contributed by atoms with Crippen molar-refractivity contribution in [3.05, 3.63) is 66.4 Å². The van der Waals surface area contributed by atoms with Crippen LogP contribution in [0.3, 0.4) is 0 Å². The molecule has 0 aliphatic carbocycles. The molecule has 1 heterocycles. The topological polar surface area (TPSA) is 51.5 Å². The molecule has 0 aliphatic heterocycles. The van der Waals surface area contributed by atoms with Crippen LogP contribution in [-0.2, 0) is 17.1 Å². The molecule has 210 valence electrons. The van der Waals surface area contributed by atoms with E-state index < -0.39 is 18.3 Å². The molecule has 1 aromatic heterocycles. The smallest absolute Gasteiger partial charge is 0.264 e. The van der Waals surface area contributed by atoms with E-state index in [-0.39, 0.29) is 5.04 Å². The van der Waals surface area contributed by atoms with Gasteiger partial charge in [-0.05, 0) is 72.6 Å². The number of unbranched alkanes of at least 4 members (excludes halogenated alkanes) is 3. The van der Waals surface area contributed by atoms with Crippen LogP contribution in [-0.4, -0.2) is 27.8 Å². The summed E-state index contributed by atoms with van der Waals surface area (Å²) in [5.41, 5.74) is 2.77. The van der Waals surface area contributed by atoms with Gasteiger partial charge in [0.1, 0.15) is 5.75 Å². The number of nitrogens with zero attached hydrogens (tertiary/aromatic N) is 2. The van der Waals surface area contributed by atoms with Crippen molar-refractivity contribution in [2.24, 2.45) is 7.05 Å². The largest absolute Gasteiger partial charge is 0.542 e. The maximum Gasteiger partial charge on any atom is 0.264 e. The summed E-state index contributed by atoms with van der Waals surface area (Å²) in [6.07, 6.45) is 3.98. The third kappa shape index (κ3) is 5.75. The van der Waals surface area contributed by atoms with Crippen LogP contribution in [0.15, 0.2) is 65.6 Å². The summed E-state index contributed by atoms with van der Waals surface area (Å²) in [4.78, 5) is 0.318. The molecule has 0 spiro atoms. The van der Waals surface area contributed by atoms with Crippen molar-refractivity contribution in [1.82, 2.24) is 4.57 Å². The lowest BCUT2D eigenvalue weighted by atomic mass is 10.1. The first kappa shape index (κ1) is 29.2. The molecule has 4 rings (SSSR count). The minimum Gasteiger partial charge on any atom is -0.542 e. The molecule has 0 N–H and O–H groups in total. The van der Waals surface area contributed by atoms with Gasteiger partial charge in [-0.3, -0.25) is 4.31 Å². The average molecular weight is 565 g/mol. The van der Waals surface area contributed by atoms with Gasteiger partial charge in [0.25, 0.3) is 18.3 Å². The van der Waals surface area contributed by atoms with Gasteiger partial charge in [-0.25, -0.2) is 8.42 Å². The van der Waals surface area contributed by atoms with E-state index in [0.29, 0.717) is 17.1 Å². The van der Waals surface area contributed by atoms with Crippen LogP contribution in [0.5, 0.6) is 5.75 Å². The van der Waals surface area contributed by atoms with Crippen LogP contribution >= 0.6 is 0 Å². The van der Waals surface area contributed by atoms with Crippen LogP contribution in [0.25, 0.3) is 21.7 Å². The molecule has 0 saturated carbocycles. The molecule has 0 aliphatic rings. The van der Waals surface area contributed by atoms with Crippen molar-refractivity contribution in [1.29, 1.82) is 0 Å². The predicted molar refractivity (Wildman–Crippen MR) is 168 cm³/mol. The van der Waals surface area contributed by atoms with Gasteiger partial charge in [-0.15, -0.1) is 0 Å². The van der Waals surface area contributed by atoms with Crippen LogP contribution in [0, 0.1) is 6.92 Å². The lowest BCUT2D eigenvalue weighted by Crippen LogP contribution is -2.44. The molecule has 0 bridgehead atoms. The Hall–Kier alpha value is -2.77. The quantitative estimate of drug-likeness (QED) is 0.143. The zero-order valence-electron chi connectivity index (χ0n) is 24.8. The van der Waals surface area contributed by atoms with Gasteiger partial charge < -0.3 is 8.99 Å². The summed E-state index contributed by atoms with van der Waals surface area (Å²) in [6.45, 7) is 15.9. The van der Waals surface area contributed by atoms with Gasteiger partial charge in [-0.1, -0.05) is 77.3 Å². The maximum atomic E-state index is 14.2. The molecule has 0 fully saturated rings. The first-order chi connectivity index (χ1) is 18.3. The monoisotopic (exact) mass is 564 g/mol. The summed E-state index contributed by atoms with van der Waals surface area (Å²) in [5, 5.41) is 2.96. The molecule has 39 heavy (non-hydrogen) atoms. The third-order valence-corrected chi connectivity index (χ3v) is 14.5. The minimum atomic E-state index is -3.78. The predicted octanol–water partition coefficient (Wildman–Crippen LogP) is 8.80. The van der Waals surface area contributed by atoms with E-state index in [9.17, 15) is 8.42 Å². The Kier molecular flexibility index (Phi) is 8.25. The summed E-state index contributed by atoms with van der Waals surface area (Å²) >= 11 is 0. The van der Waals surface area contributed by atoms with E-state index in [2.05, 4.69) is 52.3 Å². The van der Waals surface area contributed by atoms with E-state index in [1.807, 2.05) is 55.6 Å². The van der Waals surface area contributed by atoms with Gasteiger partial charge in [0.2, 0.25) is 0 Å². The minimum absolute atomic E-state index is 0.0456. The molecular formula is C32H44N2O3SSi. The molecule has 7 heteroatoms. The highest BCUT2D eigenvalue weighted by molar-refractivity contribution is 7.92. The van der Waals surface area contributed by atoms with Crippen molar-refractivity contribution in [2.45, 2.75) is 83.3 Å². The number of hydrogen-bond acceptors (Lipinski definition) is 3. The lowest BCUT2D eigenvalue weighted by Gasteiger charge is -2.36. The molecule has 0 saturated heterocycles. The van der Waals surface area contributed by atoms with E-state index in [0.717, 1.165) is 58.8 Å². The molecule has 4 aromatic rings. The molecule has 0 unspecified atom stereocenters. The SMILES string of the molecule is CCCCCCN(c1ccc2c(c1)c(O[Si](C)(C)C(C)(C)C)c(C)n2C)S(=O)(=O)c1ccc2ccccc2c1. The Bertz CT molecular complexity index is 1580. The number of rotatable bonds is 10. The molecule has 3 aromatic carbocycles. The number of aryl methyl sites for hydroxylation is 1. The third-order valence-electron chi connectivity index (χ3n) is 8.39. The Labute approximate surface area is 236 Å². The fourth-order valence-corrected chi connectivity index (χ4v) is 7.35. The lowest BCUT2D eigenvalue weighted by molar-refractivity contribution is 0.491. The maximum absolute atomic E-state index is 14.2. The van der Waals surface area contributed by atoms with Crippen LogP contribution < -0.4 is 8.73 Å².